The summed E-state index contributed by atoms with van der Waals surface area (Å²) in [6, 6.07) is 11.9. The number of nitrogens with zero attached hydrogens (tertiary/aromatic N) is 2. The Bertz CT molecular complexity index is 818. The second-order valence-electron chi connectivity index (χ2n) is 6.39. The molecule has 0 bridgehead atoms. The number of aliphatic hydroxyl groups excluding tert-OH is 1. The van der Waals surface area contributed by atoms with Gasteiger partial charge in [0.15, 0.2) is 0 Å². The summed E-state index contributed by atoms with van der Waals surface area (Å²) in [6.45, 7) is 1.13. The maximum absolute atomic E-state index is 12.0. The van der Waals surface area contributed by atoms with E-state index in [9.17, 15) is 9.90 Å². The number of rotatable bonds is 2. The molecule has 1 aromatic heterocycles. The Morgan fingerprint density at radius 2 is 2.00 bits per heavy atom. The summed E-state index contributed by atoms with van der Waals surface area (Å²) in [4.78, 5) is 17.9. The molecule has 5 nitrogen and oxygen atoms in total. The zero-order valence-electron chi connectivity index (χ0n) is 13.7. The van der Waals surface area contributed by atoms with Crippen LogP contribution in [0.15, 0.2) is 48.8 Å². The molecule has 1 aromatic carbocycles. The van der Waals surface area contributed by atoms with Crippen molar-refractivity contribution in [1.29, 1.82) is 0 Å². The Labute approximate surface area is 146 Å². The summed E-state index contributed by atoms with van der Waals surface area (Å²) < 4.78 is 0. The number of piperazine rings is 1. The third-order valence-corrected chi connectivity index (χ3v) is 4.96. The van der Waals surface area contributed by atoms with Crippen molar-refractivity contribution in [2.75, 3.05) is 19.7 Å². The lowest BCUT2D eigenvalue weighted by Crippen LogP contribution is -2.72. The molecule has 0 aliphatic carbocycles. The molecule has 0 spiro atoms. The molecule has 2 aliphatic rings. The van der Waals surface area contributed by atoms with Gasteiger partial charge in [-0.2, -0.15) is 0 Å². The van der Waals surface area contributed by atoms with Gasteiger partial charge in [-0.15, -0.1) is 0 Å². The fraction of sp³-hybridized carbons (Fsp3) is 0.300. The second-order valence-corrected chi connectivity index (χ2v) is 6.39. The van der Waals surface area contributed by atoms with Crippen LogP contribution in [-0.4, -0.2) is 52.7 Å². The summed E-state index contributed by atoms with van der Waals surface area (Å²) in [5.41, 5.74) is 2.96. The molecule has 1 amide bonds. The smallest absolute Gasteiger partial charge is 0.237 e. The lowest BCUT2D eigenvalue weighted by atomic mass is 9.74. The van der Waals surface area contributed by atoms with Crippen molar-refractivity contribution in [3.8, 4) is 11.8 Å². The average molecular weight is 333 g/mol. The minimum atomic E-state index is -0.119. The summed E-state index contributed by atoms with van der Waals surface area (Å²) in [7, 11) is 0. The summed E-state index contributed by atoms with van der Waals surface area (Å²) in [5, 5.41) is 12.9. The van der Waals surface area contributed by atoms with E-state index in [1.807, 2.05) is 29.2 Å². The van der Waals surface area contributed by atoms with Gasteiger partial charge in [-0.25, -0.2) is 0 Å². The number of carbonyl (C=O) groups excluding carboxylic acids is 1. The number of carbonyl (C=O) groups is 1. The Balaban J connectivity index is 1.52. The van der Waals surface area contributed by atoms with Crippen LogP contribution in [0.25, 0.3) is 0 Å². The maximum Gasteiger partial charge on any atom is 0.237 e. The van der Waals surface area contributed by atoms with Crippen molar-refractivity contribution >= 4 is 5.91 Å². The summed E-state index contributed by atoms with van der Waals surface area (Å²) in [5.74, 6) is 6.47. The monoisotopic (exact) mass is 333 g/mol. The Hall–Kier alpha value is -2.68. The van der Waals surface area contributed by atoms with Crippen LogP contribution in [0.4, 0.5) is 0 Å². The number of aliphatic hydroxyl groups is 1. The molecule has 2 aliphatic heterocycles. The molecule has 0 radical (unpaired) electrons. The summed E-state index contributed by atoms with van der Waals surface area (Å²) in [6.07, 6.45) is 3.47. The van der Waals surface area contributed by atoms with Crippen molar-refractivity contribution in [2.24, 2.45) is 0 Å². The topological polar surface area (TPSA) is 65.5 Å². The van der Waals surface area contributed by atoms with E-state index in [4.69, 9.17) is 0 Å². The molecule has 2 fully saturated rings. The lowest BCUT2D eigenvalue weighted by molar-refractivity contribution is -0.153. The van der Waals surface area contributed by atoms with Gasteiger partial charge in [0, 0.05) is 36.0 Å². The zero-order valence-corrected chi connectivity index (χ0v) is 13.7. The minimum Gasteiger partial charge on any atom is -0.394 e. The van der Waals surface area contributed by atoms with Crippen LogP contribution < -0.4 is 5.32 Å². The highest BCUT2D eigenvalue weighted by atomic mass is 16.3. The van der Waals surface area contributed by atoms with Gasteiger partial charge >= 0.3 is 0 Å². The fourth-order valence-corrected chi connectivity index (χ4v) is 3.78. The van der Waals surface area contributed by atoms with Gasteiger partial charge in [0.1, 0.15) is 0 Å². The molecule has 3 atom stereocenters. The maximum atomic E-state index is 12.0. The van der Waals surface area contributed by atoms with Crippen molar-refractivity contribution < 1.29 is 9.90 Å². The van der Waals surface area contributed by atoms with Crippen LogP contribution in [0.3, 0.4) is 0 Å². The number of hydrogen-bond donors (Lipinski definition) is 2. The van der Waals surface area contributed by atoms with Gasteiger partial charge in [0.05, 0.1) is 25.2 Å². The van der Waals surface area contributed by atoms with Crippen LogP contribution in [-0.2, 0) is 4.79 Å². The molecule has 5 heteroatoms. The molecular formula is C20H19N3O2. The van der Waals surface area contributed by atoms with E-state index in [0.717, 1.165) is 23.2 Å². The highest BCUT2D eigenvalue weighted by Crippen LogP contribution is 2.41. The average Bonchev–Trinajstić information content (AvgIpc) is 2.64. The first-order valence-corrected chi connectivity index (χ1v) is 8.42. The third kappa shape index (κ3) is 2.91. The first-order chi connectivity index (χ1) is 12.3. The van der Waals surface area contributed by atoms with Crippen LogP contribution in [0, 0.1) is 11.8 Å². The summed E-state index contributed by atoms with van der Waals surface area (Å²) >= 11 is 0. The normalized spacial score (nSPS) is 24.8. The number of nitrogens with one attached hydrogen (secondary N) is 1. The van der Waals surface area contributed by atoms with Crippen molar-refractivity contribution in [3.63, 3.8) is 0 Å². The molecule has 2 saturated heterocycles. The van der Waals surface area contributed by atoms with E-state index in [2.05, 4.69) is 34.3 Å². The van der Waals surface area contributed by atoms with Crippen molar-refractivity contribution in [3.05, 3.63) is 65.5 Å². The molecule has 2 N–H and O–H groups in total. The molecule has 0 saturated carbocycles. The fourth-order valence-electron chi connectivity index (χ4n) is 3.78. The van der Waals surface area contributed by atoms with Crippen molar-refractivity contribution in [1.82, 2.24) is 15.2 Å². The molecule has 0 unspecified atom stereocenters. The third-order valence-electron chi connectivity index (χ3n) is 4.96. The van der Waals surface area contributed by atoms with E-state index >= 15 is 0 Å². The highest BCUT2D eigenvalue weighted by molar-refractivity contribution is 5.81. The Morgan fingerprint density at radius 1 is 1.20 bits per heavy atom. The van der Waals surface area contributed by atoms with E-state index in [1.165, 1.54) is 0 Å². The second kappa shape index (κ2) is 6.67. The number of amides is 1. The van der Waals surface area contributed by atoms with Gasteiger partial charge < -0.3 is 15.3 Å². The number of pyridine rings is 1. The lowest BCUT2D eigenvalue weighted by Gasteiger charge is -2.57. The SMILES string of the molecule is O=C1CNC[C@H]2[C@@H](c3ccc(C#Cc4cccnc4)cc3)[C@@H](CO)N12. The van der Waals surface area contributed by atoms with Crippen LogP contribution in [0.2, 0.25) is 0 Å². The number of benzene rings is 1. The zero-order chi connectivity index (χ0) is 17.2. The van der Waals surface area contributed by atoms with Crippen LogP contribution in [0.5, 0.6) is 0 Å². The van der Waals surface area contributed by atoms with Crippen LogP contribution >= 0.6 is 0 Å². The number of hydrogen-bond acceptors (Lipinski definition) is 4. The molecule has 25 heavy (non-hydrogen) atoms. The standard InChI is InChI=1S/C20H19N3O2/c24-13-18-20(17-11-22-12-19(25)23(17)18)16-7-5-14(6-8-16)3-4-15-2-1-9-21-10-15/h1-2,5-10,17-18,20,22,24H,11-13H2/t17-,18+,20+/m0/s1. The first kappa shape index (κ1) is 15.8. The van der Waals surface area contributed by atoms with Crippen LogP contribution in [0.1, 0.15) is 22.6 Å². The molecule has 126 valence electrons. The van der Waals surface area contributed by atoms with Crippen molar-refractivity contribution in [2.45, 2.75) is 18.0 Å². The number of aromatic nitrogens is 1. The Morgan fingerprint density at radius 3 is 2.72 bits per heavy atom. The van der Waals surface area contributed by atoms with E-state index in [-0.39, 0.29) is 30.5 Å². The molecule has 2 aromatic rings. The van der Waals surface area contributed by atoms with Gasteiger partial charge in [0.2, 0.25) is 5.91 Å². The van der Waals surface area contributed by atoms with E-state index in [0.29, 0.717) is 6.54 Å². The molecular weight excluding hydrogens is 314 g/mol. The van der Waals surface area contributed by atoms with E-state index < -0.39 is 0 Å². The predicted molar refractivity (Wildman–Crippen MR) is 93.8 cm³/mol. The van der Waals surface area contributed by atoms with Gasteiger partial charge in [-0.3, -0.25) is 9.78 Å². The van der Waals surface area contributed by atoms with E-state index in [1.54, 1.807) is 12.4 Å². The minimum absolute atomic E-state index is 0.00449. The predicted octanol–water partition coefficient (Wildman–Crippen LogP) is 0.740. The quantitative estimate of drug-likeness (QED) is 0.796. The molecule has 4 rings (SSSR count). The first-order valence-electron chi connectivity index (χ1n) is 8.42. The van der Waals surface area contributed by atoms with Gasteiger partial charge in [0.25, 0.3) is 0 Å². The Kier molecular flexibility index (Phi) is 4.22. The largest absolute Gasteiger partial charge is 0.394 e. The molecule has 3 heterocycles. The van der Waals surface area contributed by atoms with Gasteiger partial charge in [-0.05, 0) is 29.8 Å². The number of fused-ring (bicyclic) bond motifs is 1. The van der Waals surface area contributed by atoms with Gasteiger partial charge in [-0.1, -0.05) is 24.0 Å². The highest BCUT2D eigenvalue weighted by Gasteiger charge is 2.52.